The van der Waals surface area contributed by atoms with Crippen molar-refractivity contribution in [1.82, 2.24) is 14.9 Å². The van der Waals surface area contributed by atoms with Crippen molar-refractivity contribution >= 4 is 17.7 Å². The Morgan fingerprint density at radius 3 is 2.54 bits per heavy atom. The summed E-state index contributed by atoms with van der Waals surface area (Å²) in [4.78, 5) is 21.8. The lowest BCUT2D eigenvalue weighted by Crippen LogP contribution is -2.55. The van der Waals surface area contributed by atoms with Crippen molar-refractivity contribution in [3.05, 3.63) is 23.5 Å². The van der Waals surface area contributed by atoms with Crippen LogP contribution in [0.2, 0.25) is 0 Å². The highest BCUT2D eigenvalue weighted by atomic mass is 19.4. The quantitative estimate of drug-likeness (QED) is 0.194. The summed E-state index contributed by atoms with van der Waals surface area (Å²) in [5, 5.41) is 6.07. The fourth-order valence-corrected chi connectivity index (χ4v) is 5.54. The first-order valence-corrected chi connectivity index (χ1v) is 14.9. The van der Waals surface area contributed by atoms with Gasteiger partial charge in [-0.15, -0.1) is 0 Å². The van der Waals surface area contributed by atoms with Crippen molar-refractivity contribution in [2.75, 3.05) is 50.4 Å². The summed E-state index contributed by atoms with van der Waals surface area (Å²) >= 11 is 0. The Kier molecular flexibility index (Phi) is 13.5. The van der Waals surface area contributed by atoms with Crippen LogP contribution in [0, 0.1) is 0 Å². The maximum Gasteiger partial charge on any atom is 0.421 e. The van der Waals surface area contributed by atoms with Crippen molar-refractivity contribution in [1.29, 1.82) is 0 Å². The highest BCUT2D eigenvalue weighted by Crippen LogP contribution is 2.34. The highest BCUT2D eigenvalue weighted by molar-refractivity contribution is 5.78. The fourth-order valence-electron chi connectivity index (χ4n) is 5.54. The van der Waals surface area contributed by atoms with Crippen molar-refractivity contribution < 1.29 is 22.4 Å². The lowest BCUT2D eigenvalue weighted by atomic mass is 9.97. The van der Waals surface area contributed by atoms with Gasteiger partial charge in [0.25, 0.3) is 0 Å². The topological polar surface area (TPSA) is 70.2 Å². The Morgan fingerprint density at radius 1 is 1.13 bits per heavy atom. The SMILES string of the molecule is CC.CCCCCC(CCC)[N+]1(C)CCC=C(Nc2ncc(C(F)(F)F)c(NCCCN3CCCC3=O)n2)C1. The predicted molar refractivity (Wildman–Crippen MR) is 152 cm³/mol. The molecule has 3 rings (SSSR count). The van der Waals surface area contributed by atoms with Crippen LogP contribution in [0.1, 0.15) is 97.5 Å². The Labute approximate surface area is 233 Å². The van der Waals surface area contributed by atoms with Gasteiger partial charge in [0.2, 0.25) is 11.9 Å². The number of likely N-dealkylation sites (N-methyl/N-ethyl adjacent to an activating group) is 1. The third-order valence-electron chi connectivity index (χ3n) is 7.64. The number of carbonyl (C=O) groups is 1. The van der Waals surface area contributed by atoms with E-state index in [0.717, 1.165) is 55.3 Å². The number of nitrogens with one attached hydrogen (secondary N) is 2. The van der Waals surface area contributed by atoms with E-state index in [2.05, 4.69) is 47.6 Å². The van der Waals surface area contributed by atoms with Gasteiger partial charge < -0.3 is 20.0 Å². The van der Waals surface area contributed by atoms with Gasteiger partial charge in [0, 0.05) is 38.7 Å². The van der Waals surface area contributed by atoms with Crippen molar-refractivity contribution in [2.45, 2.75) is 104 Å². The molecule has 0 radical (unpaired) electrons. The lowest BCUT2D eigenvalue weighted by Gasteiger charge is -2.44. The van der Waals surface area contributed by atoms with E-state index in [-0.39, 0.29) is 24.2 Å². The van der Waals surface area contributed by atoms with Crippen LogP contribution in [0.4, 0.5) is 24.9 Å². The monoisotopic (exact) mass is 555 g/mol. The molecule has 1 aromatic rings. The molecule has 1 fully saturated rings. The molecule has 1 saturated heterocycles. The fraction of sp³-hybridized carbons (Fsp3) is 0.759. The zero-order valence-corrected chi connectivity index (χ0v) is 24.7. The Morgan fingerprint density at radius 2 is 1.90 bits per heavy atom. The zero-order valence-electron chi connectivity index (χ0n) is 24.7. The van der Waals surface area contributed by atoms with Crippen LogP contribution in [-0.4, -0.2) is 71.1 Å². The smallest absolute Gasteiger partial charge is 0.369 e. The second-order valence-electron chi connectivity index (χ2n) is 10.7. The van der Waals surface area contributed by atoms with Gasteiger partial charge in [-0.25, -0.2) is 4.98 Å². The molecule has 222 valence electrons. The van der Waals surface area contributed by atoms with Crippen molar-refractivity contribution in [3.8, 4) is 0 Å². The van der Waals surface area contributed by atoms with Gasteiger partial charge in [-0.05, 0) is 32.1 Å². The van der Waals surface area contributed by atoms with Crippen LogP contribution >= 0.6 is 0 Å². The summed E-state index contributed by atoms with van der Waals surface area (Å²) in [6, 6.07) is 0.565. The first-order valence-electron chi connectivity index (χ1n) is 14.9. The second-order valence-corrected chi connectivity index (χ2v) is 10.7. The van der Waals surface area contributed by atoms with Gasteiger partial charge in [-0.2, -0.15) is 18.2 Å². The molecule has 1 amide bonds. The molecule has 0 spiro atoms. The van der Waals surface area contributed by atoms with Gasteiger partial charge in [-0.1, -0.05) is 53.0 Å². The molecule has 2 aliphatic heterocycles. The summed E-state index contributed by atoms with van der Waals surface area (Å²) in [5.74, 6) is 0.0555. The Balaban J connectivity index is 0.00000260. The number of likely N-dealkylation sites (tertiary alicyclic amines) is 1. The average Bonchev–Trinajstić information content (AvgIpc) is 3.31. The first kappa shape index (κ1) is 32.8. The van der Waals surface area contributed by atoms with Gasteiger partial charge in [0.15, 0.2) is 0 Å². The maximum absolute atomic E-state index is 13.6. The summed E-state index contributed by atoms with van der Waals surface area (Å²) in [6.45, 7) is 11.8. The van der Waals surface area contributed by atoms with E-state index >= 15 is 0 Å². The number of hydrogen-bond acceptors (Lipinski definition) is 5. The number of carbonyl (C=O) groups excluding carboxylic acids is 1. The number of amides is 1. The highest BCUT2D eigenvalue weighted by Gasteiger charge is 2.36. The molecule has 2 unspecified atom stereocenters. The summed E-state index contributed by atoms with van der Waals surface area (Å²) in [5.41, 5.74) is 0.0797. The zero-order chi connectivity index (χ0) is 28.9. The minimum atomic E-state index is -4.56. The van der Waals surface area contributed by atoms with Crippen LogP contribution in [0.15, 0.2) is 18.0 Å². The minimum Gasteiger partial charge on any atom is -0.369 e. The molecule has 0 bridgehead atoms. The Hall–Kier alpha value is -2.36. The summed E-state index contributed by atoms with van der Waals surface area (Å²) in [7, 11) is 2.30. The third-order valence-corrected chi connectivity index (χ3v) is 7.64. The number of hydrogen-bond donors (Lipinski definition) is 2. The van der Waals surface area contributed by atoms with E-state index in [0.29, 0.717) is 25.4 Å². The van der Waals surface area contributed by atoms with E-state index in [9.17, 15) is 18.0 Å². The number of halogens is 3. The summed E-state index contributed by atoms with van der Waals surface area (Å²) < 4.78 is 41.8. The third kappa shape index (κ3) is 9.96. The molecule has 2 atom stereocenters. The molecule has 39 heavy (non-hydrogen) atoms. The van der Waals surface area contributed by atoms with E-state index in [4.69, 9.17) is 0 Å². The normalized spacial score (nSPS) is 20.3. The van der Waals surface area contributed by atoms with Crippen LogP contribution in [0.25, 0.3) is 0 Å². The first-order chi connectivity index (χ1) is 18.7. The molecule has 2 aliphatic rings. The molecule has 1 aromatic heterocycles. The van der Waals surface area contributed by atoms with Gasteiger partial charge in [0.05, 0.1) is 25.3 Å². The molecular weight excluding hydrogens is 505 g/mol. The molecule has 0 aromatic carbocycles. The largest absolute Gasteiger partial charge is 0.421 e. The predicted octanol–water partition coefficient (Wildman–Crippen LogP) is 6.84. The van der Waals surface area contributed by atoms with Crippen molar-refractivity contribution in [2.24, 2.45) is 0 Å². The molecular formula is C29H50F3N6O+. The van der Waals surface area contributed by atoms with Crippen LogP contribution in [0.3, 0.4) is 0 Å². The van der Waals surface area contributed by atoms with Crippen LogP contribution in [-0.2, 0) is 11.0 Å². The Bertz CT molecular complexity index is 923. The number of unbranched alkanes of at least 4 members (excludes halogenated alkanes) is 2. The van der Waals surface area contributed by atoms with Gasteiger partial charge in [0.1, 0.15) is 17.9 Å². The maximum atomic E-state index is 13.6. The number of rotatable bonds is 14. The standard InChI is InChI=1S/C27H44F3N6O.C2H6/c1-4-6-7-13-22(11-5-2)36(3)18-9-12-21(20-36)33-26-32-19-23(27(28,29)30)25(34-26)31-15-10-17-35-16-8-14-24(35)37;1-2/h12,19,22H,4-11,13-18,20H2,1-3H3,(H2,31,32,33,34);1-2H3/q+1;. The molecule has 10 heteroatoms. The van der Waals surface area contributed by atoms with E-state index in [1.807, 2.05) is 13.8 Å². The number of alkyl halides is 3. The summed E-state index contributed by atoms with van der Waals surface area (Å²) in [6.07, 6.45) is 8.44. The van der Waals surface area contributed by atoms with Crippen LogP contribution in [0.5, 0.6) is 0 Å². The molecule has 2 N–H and O–H groups in total. The van der Waals surface area contributed by atoms with E-state index in [1.54, 1.807) is 4.90 Å². The molecule has 3 heterocycles. The van der Waals surface area contributed by atoms with E-state index < -0.39 is 11.7 Å². The number of nitrogens with zero attached hydrogens (tertiary/aromatic N) is 4. The van der Waals surface area contributed by atoms with E-state index in [1.165, 1.54) is 32.1 Å². The average molecular weight is 556 g/mol. The van der Waals surface area contributed by atoms with Crippen LogP contribution < -0.4 is 10.6 Å². The van der Waals surface area contributed by atoms with Gasteiger partial charge in [-0.3, -0.25) is 4.79 Å². The minimum absolute atomic E-state index is 0.113. The number of anilines is 2. The lowest BCUT2D eigenvalue weighted by molar-refractivity contribution is -0.931. The molecule has 0 aliphatic carbocycles. The molecule has 0 saturated carbocycles. The molecule has 7 nitrogen and oxygen atoms in total. The number of quaternary nitrogens is 1. The van der Waals surface area contributed by atoms with Crippen molar-refractivity contribution in [3.63, 3.8) is 0 Å². The second kappa shape index (κ2) is 16.0. The van der Waals surface area contributed by atoms with Gasteiger partial charge >= 0.3 is 6.18 Å². The number of aromatic nitrogens is 2.